The molecule has 0 aromatic heterocycles. The summed E-state index contributed by atoms with van der Waals surface area (Å²) in [6.45, 7) is 10.0. The number of aliphatic hydroxyl groups excluding tert-OH is 1. The monoisotopic (exact) mass is 281 g/mol. The lowest BCUT2D eigenvalue weighted by atomic mass is 10.1. The number of aliphatic hydroxyl groups is 1. The van der Waals surface area contributed by atoms with Crippen molar-refractivity contribution in [1.29, 1.82) is 0 Å². The number of nitrogens with one attached hydrogen (secondary N) is 1. The second-order valence-corrected chi connectivity index (χ2v) is 5.33. The number of benzene rings is 1. The number of ether oxygens (including phenoxy) is 2. The number of hydrogen-bond donors (Lipinski definition) is 2. The van der Waals surface area contributed by atoms with Gasteiger partial charge in [0.25, 0.3) is 0 Å². The molecule has 4 nitrogen and oxygen atoms in total. The minimum Gasteiger partial charge on any atom is -0.389 e. The summed E-state index contributed by atoms with van der Waals surface area (Å²) in [5.41, 5.74) is 3.53. The molecule has 0 amide bonds. The second kappa shape index (κ2) is 8.95. The van der Waals surface area contributed by atoms with Gasteiger partial charge in [-0.05, 0) is 51.0 Å². The molecule has 0 saturated heterocycles. The van der Waals surface area contributed by atoms with E-state index in [1.807, 2.05) is 19.9 Å². The lowest BCUT2D eigenvalue weighted by Gasteiger charge is -2.14. The highest BCUT2D eigenvalue weighted by molar-refractivity contribution is 5.48. The predicted molar refractivity (Wildman–Crippen MR) is 82.3 cm³/mol. The molecule has 0 spiro atoms. The Morgan fingerprint density at radius 1 is 1.15 bits per heavy atom. The zero-order valence-electron chi connectivity index (χ0n) is 13.0. The number of anilines is 1. The van der Waals surface area contributed by atoms with Crippen molar-refractivity contribution in [3.05, 3.63) is 29.3 Å². The number of hydrogen-bond acceptors (Lipinski definition) is 4. The van der Waals surface area contributed by atoms with E-state index in [1.165, 1.54) is 11.1 Å². The van der Waals surface area contributed by atoms with Crippen LogP contribution < -0.4 is 5.32 Å². The fourth-order valence-electron chi connectivity index (χ4n) is 1.71. The van der Waals surface area contributed by atoms with Crippen molar-refractivity contribution in [2.75, 3.05) is 31.7 Å². The van der Waals surface area contributed by atoms with E-state index in [4.69, 9.17) is 9.47 Å². The standard InChI is InChI=1S/C16H27NO3/c1-12(2)20-8-7-19-11-16(18)10-17-15-6-5-13(3)14(4)9-15/h5-6,9,12,16-18H,7-8,10-11H2,1-4H3. The summed E-state index contributed by atoms with van der Waals surface area (Å²) >= 11 is 0. The van der Waals surface area contributed by atoms with Gasteiger partial charge in [0, 0.05) is 12.2 Å². The van der Waals surface area contributed by atoms with E-state index in [0.717, 1.165) is 5.69 Å². The molecule has 0 saturated carbocycles. The average molecular weight is 281 g/mol. The Kier molecular flexibility index (Phi) is 7.59. The molecule has 0 aliphatic rings. The number of rotatable bonds is 9. The lowest BCUT2D eigenvalue weighted by molar-refractivity contribution is -0.00734. The molecule has 0 aliphatic carbocycles. The van der Waals surface area contributed by atoms with Gasteiger partial charge >= 0.3 is 0 Å². The highest BCUT2D eigenvalue weighted by Gasteiger charge is 2.05. The zero-order chi connectivity index (χ0) is 15.0. The van der Waals surface area contributed by atoms with Crippen molar-refractivity contribution in [1.82, 2.24) is 0 Å². The lowest BCUT2D eigenvalue weighted by Crippen LogP contribution is -2.25. The van der Waals surface area contributed by atoms with Gasteiger partial charge in [0.2, 0.25) is 0 Å². The van der Waals surface area contributed by atoms with Gasteiger partial charge in [0.05, 0.1) is 32.0 Å². The Balaban J connectivity index is 2.16. The quantitative estimate of drug-likeness (QED) is 0.683. The van der Waals surface area contributed by atoms with Crippen LogP contribution in [0.3, 0.4) is 0 Å². The van der Waals surface area contributed by atoms with Crippen LogP contribution in [0.4, 0.5) is 5.69 Å². The highest BCUT2D eigenvalue weighted by atomic mass is 16.5. The maximum Gasteiger partial charge on any atom is 0.0945 e. The van der Waals surface area contributed by atoms with E-state index in [9.17, 15) is 5.11 Å². The molecule has 2 N–H and O–H groups in total. The molecule has 1 aromatic rings. The first-order valence-corrected chi connectivity index (χ1v) is 7.17. The van der Waals surface area contributed by atoms with Crippen molar-refractivity contribution < 1.29 is 14.6 Å². The van der Waals surface area contributed by atoms with Crippen LogP contribution in [0.2, 0.25) is 0 Å². The topological polar surface area (TPSA) is 50.7 Å². The molecule has 1 unspecified atom stereocenters. The predicted octanol–water partition coefficient (Wildman–Crippen LogP) is 2.52. The molecular weight excluding hydrogens is 254 g/mol. The van der Waals surface area contributed by atoms with Crippen molar-refractivity contribution >= 4 is 5.69 Å². The van der Waals surface area contributed by atoms with Crippen LogP contribution in [0.5, 0.6) is 0 Å². The third kappa shape index (κ3) is 6.89. The summed E-state index contributed by atoms with van der Waals surface area (Å²) in [5.74, 6) is 0. The summed E-state index contributed by atoms with van der Waals surface area (Å²) in [5, 5.41) is 13.0. The van der Waals surface area contributed by atoms with Gasteiger partial charge < -0.3 is 19.9 Å². The minimum atomic E-state index is -0.518. The van der Waals surface area contributed by atoms with E-state index < -0.39 is 6.10 Å². The van der Waals surface area contributed by atoms with Gasteiger partial charge in [-0.25, -0.2) is 0 Å². The van der Waals surface area contributed by atoms with Crippen LogP contribution in [0, 0.1) is 13.8 Å². The maximum absolute atomic E-state index is 9.81. The SMILES string of the molecule is Cc1ccc(NCC(O)COCCOC(C)C)cc1C. The second-order valence-electron chi connectivity index (χ2n) is 5.33. The van der Waals surface area contributed by atoms with Crippen molar-refractivity contribution in [3.63, 3.8) is 0 Å². The molecule has 4 heteroatoms. The molecule has 0 fully saturated rings. The Morgan fingerprint density at radius 2 is 1.90 bits per heavy atom. The largest absolute Gasteiger partial charge is 0.389 e. The van der Waals surface area contributed by atoms with Crippen molar-refractivity contribution in [2.45, 2.75) is 39.9 Å². The number of aryl methyl sites for hydroxylation is 2. The van der Waals surface area contributed by atoms with Gasteiger partial charge in [0.15, 0.2) is 0 Å². The average Bonchev–Trinajstić information content (AvgIpc) is 2.39. The van der Waals surface area contributed by atoms with Crippen molar-refractivity contribution in [3.8, 4) is 0 Å². The van der Waals surface area contributed by atoms with Crippen LogP contribution in [-0.2, 0) is 9.47 Å². The molecule has 0 bridgehead atoms. The summed E-state index contributed by atoms with van der Waals surface area (Å²) < 4.78 is 10.7. The third-order valence-electron chi connectivity index (χ3n) is 3.04. The van der Waals surface area contributed by atoms with Crippen molar-refractivity contribution in [2.24, 2.45) is 0 Å². The summed E-state index contributed by atoms with van der Waals surface area (Å²) in [7, 11) is 0. The first-order chi connectivity index (χ1) is 9.49. The van der Waals surface area contributed by atoms with E-state index in [-0.39, 0.29) is 6.10 Å². The zero-order valence-corrected chi connectivity index (χ0v) is 13.0. The Morgan fingerprint density at radius 3 is 2.55 bits per heavy atom. The van der Waals surface area contributed by atoms with E-state index in [1.54, 1.807) is 0 Å². The molecule has 114 valence electrons. The first kappa shape index (κ1) is 17.0. The fourth-order valence-corrected chi connectivity index (χ4v) is 1.71. The molecule has 20 heavy (non-hydrogen) atoms. The summed E-state index contributed by atoms with van der Waals surface area (Å²) in [6, 6.07) is 6.18. The summed E-state index contributed by atoms with van der Waals surface area (Å²) in [6.07, 6.45) is -0.300. The van der Waals surface area contributed by atoms with Gasteiger partial charge in [0.1, 0.15) is 0 Å². The van der Waals surface area contributed by atoms with Gasteiger partial charge in [-0.15, -0.1) is 0 Å². The first-order valence-electron chi connectivity index (χ1n) is 7.17. The van der Waals surface area contributed by atoms with Crippen LogP contribution in [0.25, 0.3) is 0 Å². The Labute approximate surface area is 122 Å². The highest BCUT2D eigenvalue weighted by Crippen LogP contribution is 2.13. The maximum atomic E-state index is 9.81. The van der Waals surface area contributed by atoms with Crippen LogP contribution >= 0.6 is 0 Å². The van der Waals surface area contributed by atoms with Crippen LogP contribution in [-0.4, -0.2) is 43.7 Å². The van der Waals surface area contributed by atoms with E-state index in [0.29, 0.717) is 26.4 Å². The smallest absolute Gasteiger partial charge is 0.0945 e. The molecule has 1 atom stereocenters. The van der Waals surface area contributed by atoms with Crippen LogP contribution in [0.1, 0.15) is 25.0 Å². The Bertz CT molecular complexity index is 393. The molecule has 0 heterocycles. The van der Waals surface area contributed by atoms with E-state index in [2.05, 4.69) is 31.3 Å². The molecule has 0 radical (unpaired) electrons. The summed E-state index contributed by atoms with van der Waals surface area (Å²) in [4.78, 5) is 0. The van der Waals surface area contributed by atoms with Crippen LogP contribution in [0.15, 0.2) is 18.2 Å². The third-order valence-corrected chi connectivity index (χ3v) is 3.04. The van der Waals surface area contributed by atoms with Gasteiger partial charge in [-0.3, -0.25) is 0 Å². The fraction of sp³-hybridized carbons (Fsp3) is 0.625. The Hall–Kier alpha value is -1.10. The molecular formula is C16H27NO3. The van der Waals surface area contributed by atoms with Gasteiger partial charge in [-0.2, -0.15) is 0 Å². The molecule has 1 aromatic carbocycles. The minimum absolute atomic E-state index is 0.218. The van der Waals surface area contributed by atoms with E-state index >= 15 is 0 Å². The molecule has 1 rings (SSSR count). The molecule has 0 aliphatic heterocycles. The normalized spacial score (nSPS) is 12.7. The van der Waals surface area contributed by atoms with Gasteiger partial charge in [-0.1, -0.05) is 6.07 Å².